The standard InChI is InChI=1S/C20H17FN4O6S/c21-15-6-2-1-5-14(15)18-13-16(22-31-18)20(26)23-9-11-24(12-10-23)32(29,30)19-8-4-3-7-17(19)25(27)28/h1-8,13H,9-12H2. The molecule has 1 aliphatic rings. The van der Waals surface area contributed by atoms with Gasteiger partial charge in [-0.25, -0.2) is 12.8 Å². The minimum Gasteiger partial charge on any atom is -0.355 e. The van der Waals surface area contributed by atoms with Gasteiger partial charge in [-0.05, 0) is 18.2 Å². The lowest BCUT2D eigenvalue weighted by Crippen LogP contribution is -2.50. The number of amides is 1. The van der Waals surface area contributed by atoms with Crippen LogP contribution in [0.1, 0.15) is 10.5 Å². The molecule has 3 aromatic rings. The van der Waals surface area contributed by atoms with E-state index in [2.05, 4.69) is 5.16 Å². The number of hydrogen-bond acceptors (Lipinski definition) is 7. The van der Waals surface area contributed by atoms with E-state index in [-0.39, 0.29) is 43.2 Å². The average molecular weight is 460 g/mol. The number of benzene rings is 2. The summed E-state index contributed by atoms with van der Waals surface area (Å²) in [6.07, 6.45) is 0. The minimum absolute atomic E-state index is 0.0294. The van der Waals surface area contributed by atoms with Gasteiger partial charge in [0, 0.05) is 38.3 Å². The average Bonchev–Trinajstić information content (AvgIpc) is 3.29. The molecular weight excluding hydrogens is 443 g/mol. The normalized spacial score (nSPS) is 15.0. The lowest BCUT2D eigenvalue weighted by molar-refractivity contribution is -0.387. The van der Waals surface area contributed by atoms with Gasteiger partial charge in [0.15, 0.2) is 16.3 Å². The Balaban J connectivity index is 1.47. The first-order valence-electron chi connectivity index (χ1n) is 9.53. The number of carbonyl (C=O) groups excluding carboxylic acids is 1. The summed E-state index contributed by atoms with van der Waals surface area (Å²) in [6.45, 7) is 0.0253. The zero-order chi connectivity index (χ0) is 22.9. The van der Waals surface area contributed by atoms with Crippen molar-refractivity contribution in [3.63, 3.8) is 0 Å². The zero-order valence-electron chi connectivity index (χ0n) is 16.5. The molecule has 0 spiro atoms. The van der Waals surface area contributed by atoms with Crippen molar-refractivity contribution in [2.24, 2.45) is 0 Å². The van der Waals surface area contributed by atoms with E-state index >= 15 is 0 Å². The Labute approximate surface area is 182 Å². The highest BCUT2D eigenvalue weighted by atomic mass is 32.2. The second-order valence-electron chi connectivity index (χ2n) is 6.98. The molecule has 2 heterocycles. The molecule has 2 aromatic carbocycles. The van der Waals surface area contributed by atoms with Gasteiger partial charge in [0.2, 0.25) is 10.0 Å². The molecule has 10 nitrogen and oxygen atoms in total. The predicted molar refractivity (Wildman–Crippen MR) is 110 cm³/mol. The molecule has 166 valence electrons. The summed E-state index contributed by atoms with van der Waals surface area (Å²) in [5.74, 6) is -0.903. The van der Waals surface area contributed by atoms with Crippen molar-refractivity contribution in [2.75, 3.05) is 26.2 Å². The SMILES string of the molecule is O=C(c1cc(-c2ccccc2F)on1)N1CCN(S(=O)(=O)c2ccccc2[N+](=O)[O-])CC1. The van der Waals surface area contributed by atoms with Crippen molar-refractivity contribution < 1.29 is 27.0 Å². The second kappa shape index (κ2) is 8.48. The Morgan fingerprint density at radius 2 is 1.72 bits per heavy atom. The molecule has 1 saturated heterocycles. The Bertz CT molecular complexity index is 1280. The highest BCUT2D eigenvalue weighted by Gasteiger charge is 2.35. The summed E-state index contributed by atoms with van der Waals surface area (Å²) >= 11 is 0. The number of sulfonamides is 1. The van der Waals surface area contributed by atoms with Crippen LogP contribution in [0.4, 0.5) is 10.1 Å². The second-order valence-corrected chi connectivity index (χ2v) is 8.88. The first-order valence-corrected chi connectivity index (χ1v) is 11.0. The van der Waals surface area contributed by atoms with Gasteiger partial charge in [-0.2, -0.15) is 4.31 Å². The first-order chi connectivity index (χ1) is 15.3. The molecule has 1 amide bonds. The molecule has 4 rings (SSSR count). The number of aromatic nitrogens is 1. The van der Waals surface area contributed by atoms with Crippen molar-refractivity contribution in [3.05, 3.63) is 76.2 Å². The monoisotopic (exact) mass is 460 g/mol. The van der Waals surface area contributed by atoms with Crippen LogP contribution in [0.15, 0.2) is 64.0 Å². The van der Waals surface area contributed by atoms with Crippen LogP contribution in [0.2, 0.25) is 0 Å². The van der Waals surface area contributed by atoms with Gasteiger partial charge >= 0.3 is 0 Å². The molecule has 1 fully saturated rings. The highest BCUT2D eigenvalue weighted by Crippen LogP contribution is 2.28. The van der Waals surface area contributed by atoms with E-state index in [0.717, 1.165) is 10.4 Å². The number of halogens is 1. The summed E-state index contributed by atoms with van der Waals surface area (Å²) < 4.78 is 45.9. The Morgan fingerprint density at radius 1 is 1.06 bits per heavy atom. The molecule has 12 heteroatoms. The van der Waals surface area contributed by atoms with E-state index in [1.165, 1.54) is 47.4 Å². The van der Waals surface area contributed by atoms with Crippen LogP contribution in [-0.2, 0) is 10.0 Å². The Hall–Kier alpha value is -3.64. The van der Waals surface area contributed by atoms with Crippen molar-refractivity contribution in [2.45, 2.75) is 4.90 Å². The molecule has 1 aliphatic heterocycles. The van der Waals surface area contributed by atoms with Gasteiger partial charge in [0.1, 0.15) is 5.82 Å². The molecule has 0 aliphatic carbocycles. The third kappa shape index (κ3) is 3.97. The zero-order valence-corrected chi connectivity index (χ0v) is 17.4. The molecule has 0 unspecified atom stereocenters. The van der Waals surface area contributed by atoms with E-state index in [9.17, 15) is 27.7 Å². The minimum atomic E-state index is -4.11. The maximum Gasteiger partial charge on any atom is 0.289 e. The van der Waals surface area contributed by atoms with Crippen LogP contribution in [-0.4, -0.2) is 59.8 Å². The fraction of sp³-hybridized carbons (Fsp3) is 0.200. The summed E-state index contributed by atoms with van der Waals surface area (Å²) in [5.41, 5.74) is -0.369. The van der Waals surface area contributed by atoms with Crippen LogP contribution in [0.5, 0.6) is 0 Å². The number of hydrogen-bond donors (Lipinski definition) is 0. The smallest absolute Gasteiger partial charge is 0.289 e. The Morgan fingerprint density at radius 3 is 2.41 bits per heavy atom. The summed E-state index contributed by atoms with van der Waals surface area (Å²) in [4.78, 5) is 24.2. The molecule has 0 radical (unpaired) electrons. The molecule has 1 aromatic heterocycles. The molecule has 0 atom stereocenters. The number of piperazine rings is 1. The summed E-state index contributed by atoms with van der Waals surface area (Å²) in [6, 6.07) is 12.4. The van der Waals surface area contributed by atoms with Crippen LogP contribution in [0, 0.1) is 15.9 Å². The maximum atomic E-state index is 13.9. The highest BCUT2D eigenvalue weighted by molar-refractivity contribution is 7.89. The maximum absolute atomic E-state index is 13.9. The van der Waals surface area contributed by atoms with E-state index in [0.29, 0.717) is 0 Å². The van der Waals surface area contributed by atoms with Gasteiger partial charge in [0.05, 0.1) is 10.5 Å². The Kier molecular flexibility index (Phi) is 5.72. The van der Waals surface area contributed by atoms with Crippen LogP contribution >= 0.6 is 0 Å². The van der Waals surface area contributed by atoms with Crippen LogP contribution in [0.3, 0.4) is 0 Å². The predicted octanol–water partition coefficient (Wildman–Crippen LogP) is 2.54. The number of para-hydroxylation sites is 1. The number of carbonyl (C=O) groups is 1. The van der Waals surface area contributed by atoms with Gasteiger partial charge in [-0.1, -0.05) is 29.4 Å². The fourth-order valence-electron chi connectivity index (χ4n) is 3.42. The molecule has 0 N–H and O–H groups in total. The van der Waals surface area contributed by atoms with Crippen molar-refractivity contribution >= 4 is 21.6 Å². The van der Waals surface area contributed by atoms with Crippen LogP contribution in [0.25, 0.3) is 11.3 Å². The molecule has 32 heavy (non-hydrogen) atoms. The van der Waals surface area contributed by atoms with Crippen LogP contribution < -0.4 is 0 Å². The lowest BCUT2D eigenvalue weighted by atomic mass is 10.1. The van der Waals surface area contributed by atoms with Gasteiger partial charge in [-0.15, -0.1) is 0 Å². The van der Waals surface area contributed by atoms with Crippen molar-refractivity contribution in [1.29, 1.82) is 0 Å². The van der Waals surface area contributed by atoms with E-state index < -0.39 is 37.3 Å². The number of nitrogens with zero attached hydrogens (tertiary/aromatic N) is 4. The fourth-order valence-corrected chi connectivity index (χ4v) is 5.00. The molecule has 0 saturated carbocycles. The summed E-state index contributed by atoms with van der Waals surface area (Å²) in [5, 5.41) is 14.9. The third-order valence-electron chi connectivity index (χ3n) is 5.07. The van der Waals surface area contributed by atoms with Crippen molar-refractivity contribution in [3.8, 4) is 11.3 Å². The van der Waals surface area contributed by atoms with E-state index in [1.807, 2.05) is 0 Å². The number of nitro benzene ring substituents is 1. The van der Waals surface area contributed by atoms with Gasteiger partial charge in [-0.3, -0.25) is 14.9 Å². The third-order valence-corrected chi connectivity index (χ3v) is 7.02. The largest absolute Gasteiger partial charge is 0.355 e. The number of nitro groups is 1. The topological polar surface area (TPSA) is 127 Å². The molecule has 0 bridgehead atoms. The van der Waals surface area contributed by atoms with Gasteiger partial charge in [0.25, 0.3) is 11.6 Å². The summed E-state index contributed by atoms with van der Waals surface area (Å²) in [7, 11) is -4.11. The van der Waals surface area contributed by atoms with E-state index in [4.69, 9.17) is 4.52 Å². The van der Waals surface area contributed by atoms with Gasteiger partial charge < -0.3 is 9.42 Å². The quantitative estimate of drug-likeness (QED) is 0.423. The number of rotatable bonds is 5. The van der Waals surface area contributed by atoms with E-state index in [1.54, 1.807) is 6.07 Å². The first kappa shape index (κ1) is 21.6. The lowest BCUT2D eigenvalue weighted by Gasteiger charge is -2.33. The molecular formula is C20H17FN4O6S. The van der Waals surface area contributed by atoms with Crippen molar-refractivity contribution in [1.82, 2.24) is 14.4 Å².